The summed E-state index contributed by atoms with van der Waals surface area (Å²) in [6.45, 7) is 0. The van der Waals surface area contributed by atoms with Crippen molar-refractivity contribution in [2.45, 2.75) is 25.3 Å². The highest BCUT2D eigenvalue weighted by Gasteiger charge is 2.30. The third kappa shape index (κ3) is 3.07. The van der Waals surface area contributed by atoms with Crippen molar-refractivity contribution in [3.8, 4) is 0 Å². The van der Waals surface area contributed by atoms with Crippen LogP contribution in [0.1, 0.15) is 29.8 Å². The largest absolute Gasteiger partial charge is 0.481 e. The molecule has 0 aromatic carbocycles. The van der Waals surface area contributed by atoms with Gasteiger partial charge < -0.3 is 10.4 Å². The van der Waals surface area contributed by atoms with Crippen LogP contribution in [0.3, 0.4) is 0 Å². The maximum absolute atomic E-state index is 11.9. The topological polar surface area (TPSA) is 79.3 Å². The smallest absolute Gasteiger partial charge is 0.306 e. The normalized spacial score (nSPS) is 22.7. The number of hydrogen-bond donors (Lipinski definition) is 2. The fourth-order valence-electron chi connectivity index (χ4n) is 2.11. The van der Waals surface area contributed by atoms with E-state index in [9.17, 15) is 9.59 Å². The number of nitrogens with one attached hydrogen (secondary N) is 1. The molecule has 0 bridgehead atoms. The Balaban J connectivity index is 1.92. The highest BCUT2D eigenvalue weighted by Crippen LogP contribution is 2.25. The van der Waals surface area contributed by atoms with Gasteiger partial charge in [0.05, 0.1) is 5.92 Å². The van der Waals surface area contributed by atoms with Crippen molar-refractivity contribution in [1.29, 1.82) is 0 Å². The van der Waals surface area contributed by atoms with Gasteiger partial charge in [-0.3, -0.25) is 9.59 Å². The van der Waals surface area contributed by atoms with Crippen LogP contribution < -0.4 is 5.32 Å². The number of aliphatic carboxylic acids is 1. The Kier molecular flexibility index (Phi) is 3.96. The second kappa shape index (κ2) is 5.48. The summed E-state index contributed by atoms with van der Waals surface area (Å²) in [5, 5.41) is 11.7. The number of rotatable bonds is 3. The van der Waals surface area contributed by atoms with Crippen LogP contribution in [-0.4, -0.2) is 28.0 Å². The molecule has 1 aromatic rings. The first-order valence-electron chi connectivity index (χ1n) is 5.71. The van der Waals surface area contributed by atoms with Crippen LogP contribution in [0.5, 0.6) is 0 Å². The molecule has 1 aliphatic rings. The lowest BCUT2D eigenvalue weighted by atomic mass is 10.1. The van der Waals surface area contributed by atoms with Gasteiger partial charge in [-0.1, -0.05) is 0 Å². The van der Waals surface area contributed by atoms with Gasteiger partial charge in [0.1, 0.15) is 5.69 Å². The predicted molar refractivity (Wildman–Crippen MR) is 68.2 cm³/mol. The number of carbonyl (C=O) groups is 2. The molecule has 6 heteroatoms. The number of amides is 1. The Labute approximate surface area is 113 Å². The molecule has 2 unspecified atom stereocenters. The van der Waals surface area contributed by atoms with Gasteiger partial charge in [0, 0.05) is 16.7 Å². The minimum Gasteiger partial charge on any atom is -0.481 e. The fraction of sp³-hybridized carbons (Fsp3) is 0.417. The number of pyridine rings is 1. The highest BCUT2D eigenvalue weighted by atomic mass is 79.9. The highest BCUT2D eigenvalue weighted by molar-refractivity contribution is 9.10. The molecular formula is C12H13BrN2O3. The van der Waals surface area contributed by atoms with E-state index in [1.54, 1.807) is 18.3 Å². The number of nitrogens with zero attached hydrogens (tertiary/aromatic N) is 1. The van der Waals surface area contributed by atoms with Crippen molar-refractivity contribution < 1.29 is 14.7 Å². The summed E-state index contributed by atoms with van der Waals surface area (Å²) in [6.07, 6.45) is 3.38. The molecule has 96 valence electrons. The van der Waals surface area contributed by atoms with Crippen LogP contribution in [0.15, 0.2) is 22.8 Å². The Bertz CT molecular complexity index is 461. The Morgan fingerprint density at radius 1 is 1.39 bits per heavy atom. The van der Waals surface area contributed by atoms with E-state index in [1.807, 2.05) is 0 Å². The molecule has 0 spiro atoms. The molecule has 0 saturated heterocycles. The lowest BCUT2D eigenvalue weighted by molar-refractivity contribution is -0.141. The molecule has 1 fully saturated rings. The summed E-state index contributed by atoms with van der Waals surface area (Å²) in [4.78, 5) is 26.7. The summed E-state index contributed by atoms with van der Waals surface area (Å²) in [5.41, 5.74) is 0.344. The first kappa shape index (κ1) is 13.0. The fourth-order valence-corrected chi connectivity index (χ4v) is 2.34. The van der Waals surface area contributed by atoms with Crippen molar-refractivity contribution in [2.24, 2.45) is 5.92 Å². The van der Waals surface area contributed by atoms with Crippen LogP contribution >= 0.6 is 15.9 Å². The number of carboxylic acids is 1. The zero-order chi connectivity index (χ0) is 13.1. The molecule has 1 heterocycles. The number of carbonyl (C=O) groups excluding carboxylic acids is 1. The van der Waals surface area contributed by atoms with Crippen LogP contribution in [0, 0.1) is 5.92 Å². The van der Waals surface area contributed by atoms with E-state index in [0.29, 0.717) is 25.0 Å². The molecule has 0 aliphatic heterocycles. The van der Waals surface area contributed by atoms with Gasteiger partial charge in [-0.25, -0.2) is 4.98 Å². The second-order valence-corrected chi connectivity index (χ2v) is 5.30. The molecule has 1 aromatic heterocycles. The molecule has 2 atom stereocenters. The van der Waals surface area contributed by atoms with E-state index in [-0.39, 0.29) is 17.9 Å². The molecule has 1 aliphatic carbocycles. The number of halogens is 1. The minimum atomic E-state index is -0.784. The quantitative estimate of drug-likeness (QED) is 0.892. The third-order valence-corrected chi connectivity index (χ3v) is 3.55. The van der Waals surface area contributed by atoms with Gasteiger partial charge in [-0.05, 0) is 47.3 Å². The van der Waals surface area contributed by atoms with Crippen molar-refractivity contribution in [1.82, 2.24) is 10.3 Å². The SMILES string of the molecule is O=C(NC1CCC(C(=O)O)C1)c1ccc(Br)cn1. The molecule has 18 heavy (non-hydrogen) atoms. The molecule has 0 radical (unpaired) electrons. The second-order valence-electron chi connectivity index (χ2n) is 4.38. The van der Waals surface area contributed by atoms with E-state index < -0.39 is 5.97 Å². The van der Waals surface area contributed by atoms with Gasteiger partial charge in [0.2, 0.25) is 0 Å². The van der Waals surface area contributed by atoms with Gasteiger partial charge in [0.15, 0.2) is 0 Å². The van der Waals surface area contributed by atoms with Crippen molar-refractivity contribution in [3.05, 3.63) is 28.5 Å². The zero-order valence-corrected chi connectivity index (χ0v) is 11.2. The molecular weight excluding hydrogens is 300 g/mol. The molecule has 1 saturated carbocycles. The molecule has 2 rings (SSSR count). The first-order chi connectivity index (χ1) is 8.56. The van der Waals surface area contributed by atoms with E-state index >= 15 is 0 Å². The van der Waals surface area contributed by atoms with Crippen LogP contribution in [-0.2, 0) is 4.79 Å². The maximum Gasteiger partial charge on any atom is 0.306 e. The van der Waals surface area contributed by atoms with Crippen molar-refractivity contribution >= 4 is 27.8 Å². The summed E-state index contributed by atoms with van der Waals surface area (Å²) in [5.74, 6) is -1.37. The number of aromatic nitrogens is 1. The Morgan fingerprint density at radius 2 is 2.17 bits per heavy atom. The van der Waals surface area contributed by atoms with Gasteiger partial charge >= 0.3 is 5.97 Å². The Hall–Kier alpha value is -1.43. The molecule has 2 N–H and O–H groups in total. The maximum atomic E-state index is 11.9. The monoisotopic (exact) mass is 312 g/mol. The van der Waals surface area contributed by atoms with Crippen molar-refractivity contribution in [2.75, 3.05) is 0 Å². The Morgan fingerprint density at radius 3 is 2.72 bits per heavy atom. The zero-order valence-electron chi connectivity index (χ0n) is 9.60. The third-order valence-electron chi connectivity index (χ3n) is 3.08. The van der Waals surface area contributed by atoms with E-state index in [2.05, 4.69) is 26.2 Å². The lowest BCUT2D eigenvalue weighted by Crippen LogP contribution is -2.33. The summed E-state index contributed by atoms with van der Waals surface area (Å²) < 4.78 is 0.811. The summed E-state index contributed by atoms with van der Waals surface area (Å²) >= 11 is 3.25. The van der Waals surface area contributed by atoms with E-state index in [1.165, 1.54) is 0 Å². The van der Waals surface area contributed by atoms with Crippen LogP contribution in [0.4, 0.5) is 0 Å². The van der Waals surface area contributed by atoms with Crippen LogP contribution in [0.2, 0.25) is 0 Å². The minimum absolute atomic E-state index is 0.0657. The predicted octanol–water partition coefficient (Wildman–Crippen LogP) is 1.83. The average molecular weight is 313 g/mol. The van der Waals surface area contributed by atoms with E-state index in [0.717, 1.165) is 4.47 Å². The van der Waals surface area contributed by atoms with Gasteiger partial charge in [-0.2, -0.15) is 0 Å². The van der Waals surface area contributed by atoms with Gasteiger partial charge in [-0.15, -0.1) is 0 Å². The number of carboxylic acid groups (broad SMARTS) is 1. The first-order valence-corrected chi connectivity index (χ1v) is 6.51. The van der Waals surface area contributed by atoms with E-state index in [4.69, 9.17) is 5.11 Å². The standard InChI is InChI=1S/C12H13BrN2O3/c13-8-2-4-10(14-6-8)11(16)15-9-3-1-7(5-9)12(17)18/h2,4,6-7,9H,1,3,5H2,(H,15,16)(H,17,18). The van der Waals surface area contributed by atoms with Gasteiger partial charge in [0.25, 0.3) is 5.91 Å². The average Bonchev–Trinajstić information content (AvgIpc) is 2.78. The number of hydrogen-bond acceptors (Lipinski definition) is 3. The van der Waals surface area contributed by atoms with Crippen molar-refractivity contribution in [3.63, 3.8) is 0 Å². The lowest BCUT2D eigenvalue weighted by Gasteiger charge is -2.11. The summed E-state index contributed by atoms with van der Waals surface area (Å²) in [7, 11) is 0. The molecule has 1 amide bonds. The summed E-state index contributed by atoms with van der Waals surface area (Å²) in [6, 6.07) is 3.31. The molecule has 5 nitrogen and oxygen atoms in total. The van der Waals surface area contributed by atoms with Crippen LogP contribution in [0.25, 0.3) is 0 Å².